The van der Waals surface area contributed by atoms with E-state index < -0.39 is 0 Å². The molecule has 1 aromatic carbocycles. The molecule has 0 radical (unpaired) electrons. The van der Waals surface area contributed by atoms with Gasteiger partial charge in [0.1, 0.15) is 4.99 Å². The van der Waals surface area contributed by atoms with Gasteiger partial charge in [-0.25, -0.2) is 0 Å². The van der Waals surface area contributed by atoms with E-state index in [-0.39, 0.29) is 18.0 Å². The molecule has 1 aliphatic heterocycles. The summed E-state index contributed by atoms with van der Waals surface area (Å²) in [7, 11) is 0. The Hall–Kier alpha value is -0.600. The molecule has 1 N–H and O–H groups in total. The second-order valence-electron chi connectivity index (χ2n) is 5.21. The van der Waals surface area contributed by atoms with E-state index >= 15 is 0 Å². The molecule has 2 rings (SSSR count). The maximum absolute atomic E-state index is 10.0. The van der Waals surface area contributed by atoms with Crippen LogP contribution in [0.5, 0.6) is 11.5 Å². The highest BCUT2D eigenvalue weighted by Crippen LogP contribution is 2.33. The van der Waals surface area contributed by atoms with Crippen LogP contribution < -0.4 is 4.74 Å². The molecule has 1 aromatic rings. The molecule has 4 nitrogen and oxygen atoms in total. The number of phenolic OH excluding ortho intramolecular Hbond substituents is 1. The Kier molecular flexibility index (Phi) is 5.67. The van der Waals surface area contributed by atoms with E-state index in [1.807, 2.05) is 19.1 Å². The number of rotatable bonds is 3. The van der Waals surface area contributed by atoms with E-state index in [1.165, 1.54) is 0 Å². The maximum atomic E-state index is 10.0. The summed E-state index contributed by atoms with van der Waals surface area (Å²) in [5.74, 6) is 0.656. The van der Waals surface area contributed by atoms with Crippen LogP contribution in [0.25, 0.3) is 0 Å². The average molecular weight is 421 g/mol. The normalized spacial score (nSPS) is 22.2. The van der Waals surface area contributed by atoms with Gasteiger partial charge in [-0.05, 0) is 55.5 Å². The van der Waals surface area contributed by atoms with Gasteiger partial charge in [0.15, 0.2) is 11.5 Å². The van der Waals surface area contributed by atoms with Gasteiger partial charge in [-0.15, -0.1) is 0 Å². The number of phenols is 1. The second kappa shape index (κ2) is 7.11. The monoisotopic (exact) mass is 421 g/mol. The summed E-state index contributed by atoms with van der Waals surface area (Å²) in [6.45, 7) is 8.07. The van der Waals surface area contributed by atoms with E-state index in [9.17, 15) is 5.11 Å². The van der Waals surface area contributed by atoms with Crippen LogP contribution in [0, 0.1) is 3.57 Å². The fourth-order valence-corrected chi connectivity index (χ4v) is 3.36. The van der Waals surface area contributed by atoms with Crippen molar-refractivity contribution in [2.45, 2.75) is 33.0 Å². The maximum Gasteiger partial charge on any atom is 0.171 e. The van der Waals surface area contributed by atoms with Gasteiger partial charge < -0.3 is 19.5 Å². The van der Waals surface area contributed by atoms with Gasteiger partial charge in [0.25, 0.3) is 0 Å². The quantitative estimate of drug-likeness (QED) is 0.600. The number of aromatic hydroxyl groups is 1. The first-order valence-corrected chi connectivity index (χ1v) is 8.51. The van der Waals surface area contributed by atoms with E-state index in [0.717, 1.165) is 27.2 Å². The molecular weight excluding hydrogens is 401 g/mol. The van der Waals surface area contributed by atoms with Crippen LogP contribution in [-0.4, -0.2) is 46.9 Å². The fraction of sp³-hybridized carbons (Fsp3) is 0.533. The summed E-state index contributed by atoms with van der Waals surface area (Å²) in [5, 5.41) is 10.0. The topological polar surface area (TPSA) is 41.9 Å². The predicted octanol–water partition coefficient (Wildman–Crippen LogP) is 3.18. The molecule has 0 unspecified atom stereocenters. The molecule has 0 spiro atoms. The van der Waals surface area contributed by atoms with E-state index in [4.69, 9.17) is 21.7 Å². The number of hydrogen-bond donors (Lipinski definition) is 1. The first-order valence-electron chi connectivity index (χ1n) is 7.02. The molecule has 1 saturated heterocycles. The number of hydrogen-bond acceptors (Lipinski definition) is 4. The van der Waals surface area contributed by atoms with Crippen molar-refractivity contribution < 1.29 is 14.6 Å². The van der Waals surface area contributed by atoms with Crippen LogP contribution in [0.4, 0.5) is 0 Å². The summed E-state index contributed by atoms with van der Waals surface area (Å²) >= 11 is 7.72. The predicted molar refractivity (Wildman–Crippen MR) is 95.3 cm³/mol. The highest BCUT2D eigenvalue weighted by molar-refractivity contribution is 14.1. The Morgan fingerprint density at radius 1 is 1.43 bits per heavy atom. The van der Waals surface area contributed by atoms with Crippen LogP contribution >= 0.6 is 34.8 Å². The number of ether oxygens (including phenoxy) is 2. The summed E-state index contributed by atoms with van der Waals surface area (Å²) < 4.78 is 12.0. The lowest BCUT2D eigenvalue weighted by Gasteiger charge is -2.37. The van der Waals surface area contributed by atoms with Gasteiger partial charge in [0.2, 0.25) is 0 Å². The lowest BCUT2D eigenvalue weighted by Crippen LogP contribution is -2.47. The smallest absolute Gasteiger partial charge is 0.171 e. The van der Waals surface area contributed by atoms with E-state index in [0.29, 0.717) is 12.4 Å². The largest absolute Gasteiger partial charge is 0.504 e. The van der Waals surface area contributed by atoms with Gasteiger partial charge in [0, 0.05) is 18.7 Å². The Balaban J connectivity index is 2.26. The number of nitrogens with zero attached hydrogens (tertiary/aromatic N) is 1. The third-order valence-corrected chi connectivity index (χ3v) is 4.60. The van der Waals surface area contributed by atoms with E-state index in [1.54, 1.807) is 0 Å². The van der Waals surface area contributed by atoms with Gasteiger partial charge in [-0.1, -0.05) is 12.2 Å². The summed E-state index contributed by atoms with van der Waals surface area (Å²) in [5.41, 5.74) is 0.900. The molecule has 1 fully saturated rings. The first-order chi connectivity index (χ1) is 9.92. The number of halogens is 1. The van der Waals surface area contributed by atoms with Crippen LogP contribution in [-0.2, 0) is 4.74 Å². The molecule has 6 heteroatoms. The molecule has 0 bridgehead atoms. The highest BCUT2D eigenvalue weighted by Gasteiger charge is 2.25. The fourth-order valence-electron chi connectivity index (χ4n) is 2.49. The summed E-state index contributed by atoms with van der Waals surface area (Å²) in [4.78, 5) is 2.93. The van der Waals surface area contributed by atoms with Crippen LogP contribution in [0.2, 0.25) is 0 Å². The Bertz CT molecular complexity index is 528. The number of benzene rings is 1. The Morgan fingerprint density at radius 2 is 2.05 bits per heavy atom. The molecule has 21 heavy (non-hydrogen) atoms. The van der Waals surface area contributed by atoms with Crippen LogP contribution in [0.15, 0.2) is 12.1 Å². The minimum Gasteiger partial charge on any atom is -0.504 e. The van der Waals surface area contributed by atoms with Crippen LogP contribution in [0.3, 0.4) is 0 Å². The van der Waals surface area contributed by atoms with Crippen molar-refractivity contribution in [3.05, 3.63) is 21.3 Å². The zero-order valence-corrected chi connectivity index (χ0v) is 15.4. The third-order valence-electron chi connectivity index (χ3n) is 3.28. The average Bonchev–Trinajstić information content (AvgIpc) is 2.42. The van der Waals surface area contributed by atoms with Crippen molar-refractivity contribution in [3.63, 3.8) is 0 Å². The molecule has 116 valence electrons. The second-order valence-corrected chi connectivity index (χ2v) is 6.75. The summed E-state index contributed by atoms with van der Waals surface area (Å²) in [6, 6.07) is 3.71. The van der Waals surface area contributed by atoms with Crippen molar-refractivity contribution in [3.8, 4) is 11.5 Å². The first kappa shape index (κ1) is 16.8. The van der Waals surface area contributed by atoms with E-state index in [2.05, 4.69) is 41.3 Å². The lowest BCUT2D eigenvalue weighted by molar-refractivity contribution is -0.0472. The molecule has 0 aromatic heterocycles. The lowest BCUT2D eigenvalue weighted by atomic mass is 10.1. The number of morpholine rings is 1. The molecule has 1 aliphatic rings. The minimum absolute atomic E-state index is 0.161. The van der Waals surface area contributed by atoms with Crippen LogP contribution in [0.1, 0.15) is 26.3 Å². The Labute approximate surface area is 144 Å². The molecule has 0 aliphatic carbocycles. The minimum atomic E-state index is 0.161. The van der Waals surface area contributed by atoms with Crippen molar-refractivity contribution in [2.75, 3.05) is 19.7 Å². The molecule has 0 saturated carbocycles. The van der Waals surface area contributed by atoms with Crippen molar-refractivity contribution in [1.29, 1.82) is 0 Å². The van der Waals surface area contributed by atoms with Crippen molar-refractivity contribution >= 4 is 39.8 Å². The SMILES string of the molecule is CCOc1cc(C(=S)N2C[C@@H](C)O[C@@H](C)C2)cc(I)c1O. The zero-order chi connectivity index (χ0) is 15.6. The van der Waals surface area contributed by atoms with Gasteiger partial charge in [-0.2, -0.15) is 0 Å². The van der Waals surface area contributed by atoms with Gasteiger partial charge in [0.05, 0.1) is 22.4 Å². The third kappa shape index (κ3) is 3.98. The molecular formula is C15H20INO3S. The van der Waals surface area contributed by atoms with Gasteiger partial charge in [-0.3, -0.25) is 0 Å². The van der Waals surface area contributed by atoms with Gasteiger partial charge >= 0.3 is 0 Å². The molecule has 2 atom stereocenters. The van der Waals surface area contributed by atoms with Crippen molar-refractivity contribution in [1.82, 2.24) is 4.90 Å². The zero-order valence-electron chi connectivity index (χ0n) is 12.4. The van der Waals surface area contributed by atoms with Crippen molar-refractivity contribution in [2.24, 2.45) is 0 Å². The summed E-state index contributed by atoms with van der Waals surface area (Å²) in [6.07, 6.45) is 0.323. The highest BCUT2D eigenvalue weighted by atomic mass is 127. The standard InChI is InChI=1S/C15H20INO3S/c1-4-19-13-6-11(5-12(16)14(13)18)15(21)17-7-9(2)20-10(3)8-17/h5-6,9-10,18H,4,7-8H2,1-3H3/t9-,10+. The molecule has 1 heterocycles. The Morgan fingerprint density at radius 3 is 2.62 bits per heavy atom. The molecule has 0 amide bonds. The number of thiocarbonyl (C=S) groups is 1.